The molecule has 0 bridgehead atoms. The van der Waals surface area contributed by atoms with Gasteiger partial charge in [0.2, 0.25) is 11.8 Å². The fourth-order valence-electron chi connectivity index (χ4n) is 2.62. The van der Waals surface area contributed by atoms with E-state index < -0.39 is 11.3 Å². The first kappa shape index (κ1) is 23.2. The van der Waals surface area contributed by atoms with Crippen molar-refractivity contribution in [3.05, 3.63) is 0 Å². The van der Waals surface area contributed by atoms with Crippen molar-refractivity contribution in [1.29, 1.82) is 0 Å². The van der Waals surface area contributed by atoms with E-state index in [4.69, 9.17) is 4.74 Å². The van der Waals surface area contributed by atoms with Crippen molar-refractivity contribution in [3.63, 3.8) is 0 Å². The number of amides is 2. The van der Waals surface area contributed by atoms with Crippen molar-refractivity contribution in [3.8, 4) is 0 Å². The highest BCUT2D eigenvalue weighted by atomic mass is 32.2. The van der Waals surface area contributed by atoms with Crippen LogP contribution in [0.15, 0.2) is 0 Å². The number of hydrogen-bond acceptors (Lipinski definition) is 5. The van der Waals surface area contributed by atoms with Gasteiger partial charge in [0.05, 0.1) is 23.5 Å². The van der Waals surface area contributed by atoms with Crippen molar-refractivity contribution in [1.82, 2.24) is 4.90 Å². The highest BCUT2D eigenvalue weighted by Gasteiger charge is 2.43. The summed E-state index contributed by atoms with van der Waals surface area (Å²) in [5.74, 6) is 0.312. The first-order valence-corrected chi connectivity index (χ1v) is 10.4. The number of ether oxygens (including phenoxy) is 1. The number of imide groups is 1. The Morgan fingerprint density at radius 2 is 1.77 bits per heavy atom. The largest absolute Gasteiger partial charge is 0.375 e. The molecule has 0 spiro atoms. The van der Waals surface area contributed by atoms with Gasteiger partial charge >= 0.3 is 0 Å². The van der Waals surface area contributed by atoms with E-state index in [1.165, 1.54) is 16.7 Å². The monoisotopic (exact) mass is 385 g/mol. The van der Waals surface area contributed by atoms with Gasteiger partial charge < -0.3 is 4.74 Å². The number of hydrogen-bond donors (Lipinski definition) is 0. The zero-order chi connectivity index (χ0) is 20.3. The van der Waals surface area contributed by atoms with E-state index in [9.17, 15) is 14.4 Å². The third-order valence-corrected chi connectivity index (χ3v) is 6.09. The number of Topliss-reactive ketones (excluding diaryl/α,β-unsaturated/α-hetero) is 1. The standard InChI is InChI=1S/C20H35NO4S/c1-13(19(3,4)5)11-15(22)14(2)21-17(23)12-16(18(21)24)26-10-9-25-20(6,7)8/h13-14,16H,9-12H2,1-8H3. The molecule has 0 aromatic rings. The lowest BCUT2D eigenvalue weighted by molar-refractivity contribution is -0.145. The first-order chi connectivity index (χ1) is 11.7. The highest BCUT2D eigenvalue weighted by molar-refractivity contribution is 8.00. The zero-order valence-corrected chi connectivity index (χ0v) is 18.4. The third kappa shape index (κ3) is 6.69. The lowest BCUT2D eigenvalue weighted by atomic mass is 9.78. The quantitative estimate of drug-likeness (QED) is 0.471. The second kappa shape index (κ2) is 8.87. The third-order valence-electron chi connectivity index (χ3n) is 4.92. The fourth-order valence-corrected chi connectivity index (χ4v) is 3.60. The second-order valence-electron chi connectivity index (χ2n) is 9.24. The van der Waals surface area contributed by atoms with Crippen LogP contribution in [0.5, 0.6) is 0 Å². The van der Waals surface area contributed by atoms with Crippen molar-refractivity contribution >= 4 is 29.4 Å². The van der Waals surface area contributed by atoms with Gasteiger partial charge in [0.1, 0.15) is 0 Å². The molecule has 0 saturated carbocycles. The van der Waals surface area contributed by atoms with Crippen LogP contribution < -0.4 is 0 Å². The molecule has 1 aliphatic heterocycles. The van der Waals surface area contributed by atoms with Crippen molar-refractivity contribution in [2.75, 3.05) is 12.4 Å². The Balaban J connectivity index is 2.60. The number of nitrogens with zero attached hydrogens (tertiary/aromatic N) is 1. The molecule has 26 heavy (non-hydrogen) atoms. The van der Waals surface area contributed by atoms with Crippen LogP contribution in [0, 0.1) is 11.3 Å². The van der Waals surface area contributed by atoms with Crippen LogP contribution in [0.3, 0.4) is 0 Å². The average Bonchev–Trinajstić information content (AvgIpc) is 2.75. The molecule has 0 aromatic carbocycles. The molecule has 3 atom stereocenters. The van der Waals surface area contributed by atoms with E-state index in [-0.39, 0.29) is 41.0 Å². The number of carbonyl (C=O) groups is 3. The summed E-state index contributed by atoms with van der Waals surface area (Å²) < 4.78 is 5.65. The van der Waals surface area contributed by atoms with E-state index in [2.05, 4.69) is 20.8 Å². The number of ketones is 1. The summed E-state index contributed by atoms with van der Waals surface area (Å²) in [6.07, 6.45) is 0.546. The van der Waals surface area contributed by atoms with Crippen LogP contribution in [-0.4, -0.2) is 51.8 Å². The molecule has 3 unspecified atom stereocenters. The molecule has 1 saturated heterocycles. The van der Waals surface area contributed by atoms with E-state index in [0.29, 0.717) is 18.8 Å². The second-order valence-corrected chi connectivity index (χ2v) is 10.6. The summed E-state index contributed by atoms with van der Waals surface area (Å²) in [5, 5.41) is -0.402. The summed E-state index contributed by atoms with van der Waals surface area (Å²) in [7, 11) is 0. The Morgan fingerprint density at radius 3 is 2.27 bits per heavy atom. The van der Waals surface area contributed by atoms with Crippen LogP contribution in [-0.2, 0) is 19.1 Å². The number of thioether (sulfide) groups is 1. The molecule has 150 valence electrons. The minimum Gasteiger partial charge on any atom is -0.375 e. The van der Waals surface area contributed by atoms with Crippen molar-refractivity contribution in [2.24, 2.45) is 11.3 Å². The van der Waals surface area contributed by atoms with Gasteiger partial charge in [-0.15, -0.1) is 11.8 Å². The van der Waals surface area contributed by atoms with Crippen molar-refractivity contribution < 1.29 is 19.1 Å². The Bertz CT molecular complexity index is 533. The first-order valence-electron chi connectivity index (χ1n) is 9.38. The maximum Gasteiger partial charge on any atom is 0.243 e. The molecule has 1 rings (SSSR count). The molecular weight excluding hydrogens is 350 g/mol. The van der Waals surface area contributed by atoms with Crippen molar-refractivity contribution in [2.45, 2.75) is 85.1 Å². The van der Waals surface area contributed by atoms with Crippen LogP contribution in [0.4, 0.5) is 0 Å². The minimum absolute atomic E-state index is 0.0137. The van der Waals surface area contributed by atoms with Crippen LogP contribution in [0.1, 0.15) is 68.2 Å². The molecule has 0 aliphatic carbocycles. The Labute approximate surface area is 162 Å². The summed E-state index contributed by atoms with van der Waals surface area (Å²) >= 11 is 1.44. The van der Waals surface area contributed by atoms with Gasteiger partial charge in [0.15, 0.2) is 5.78 Å². The molecule has 1 heterocycles. The number of carbonyl (C=O) groups excluding carboxylic acids is 3. The Morgan fingerprint density at radius 1 is 1.19 bits per heavy atom. The van der Waals surface area contributed by atoms with Gasteiger partial charge in [-0.3, -0.25) is 19.3 Å². The van der Waals surface area contributed by atoms with Gasteiger partial charge in [0.25, 0.3) is 0 Å². The molecule has 1 fully saturated rings. The molecule has 0 aromatic heterocycles. The van der Waals surface area contributed by atoms with Gasteiger partial charge in [-0.25, -0.2) is 0 Å². The molecule has 0 radical (unpaired) electrons. The van der Waals surface area contributed by atoms with E-state index in [1.807, 2.05) is 27.7 Å². The maximum atomic E-state index is 12.6. The van der Waals surface area contributed by atoms with Crippen LogP contribution in [0.25, 0.3) is 0 Å². The topological polar surface area (TPSA) is 63.7 Å². The summed E-state index contributed by atoms with van der Waals surface area (Å²) in [6.45, 7) is 16.5. The molecule has 0 N–H and O–H groups in total. The van der Waals surface area contributed by atoms with E-state index in [0.717, 1.165) is 0 Å². The van der Waals surface area contributed by atoms with Gasteiger partial charge in [-0.05, 0) is 39.0 Å². The Hall–Kier alpha value is -0.880. The molecule has 6 heteroatoms. The zero-order valence-electron chi connectivity index (χ0n) is 17.5. The molecule has 5 nitrogen and oxygen atoms in total. The smallest absolute Gasteiger partial charge is 0.243 e. The lowest BCUT2D eigenvalue weighted by Crippen LogP contribution is -2.44. The summed E-state index contributed by atoms with van der Waals surface area (Å²) in [5.41, 5.74) is -0.202. The number of likely N-dealkylation sites (tertiary alicyclic amines) is 1. The normalized spacial score (nSPS) is 21.2. The molecule has 2 amide bonds. The highest BCUT2D eigenvalue weighted by Crippen LogP contribution is 2.31. The van der Waals surface area contributed by atoms with Gasteiger partial charge in [0, 0.05) is 18.6 Å². The maximum absolute atomic E-state index is 12.6. The average molecular weight is 386 g/mol. The Kier molecular flexibility index (Phi) is 7.90. The van der Waals surface area contributed by atoms with E-state index >= 15 is 0 Å². The van der Waals surface area contributed by atoms with Gasteiger partial charge in [-0.2, -0.15) is 0 Å². The van der Waals surface area contributed by atoms with Gasteiger partial charge in [-0.1, -0.05) is 27.7 Å². The van der Waals surface area contributed by atoms with E-state index in [1.54, 1.807) is 6.92 Å². The summed E-state index contributed by atoms with van der Waals surface area (Å²) in [6, 6.07) is -0.684. The predicted octanol–water partition coefficient (Wildman–Crippen LogP) is 3.69. The summed E-state index contributed by atoms with van der Waals surface area (Å²) in [4.78, 5) is 38.7. The van der Waals surface area contributed by atoms with Crippen LogP contribution in [0.2, 0.25) is 0 Å². The minimum atomic E-state index is -0.684. The van der Waals surface area contributed by atoms with Crippen LogP contribution >= 0.6 is 11.8 Å². The SMILES string of the molecule is CC(C(=O)CC(C)C(C)(C)C)N1C(=O)CC(SCCOC(C)(C)C)C1=O. The molecule has 1 aliphatic rings. The number of rotatable bonds is 8. The lowest BCUT2D eigenvalue weighted by Gasteiger charge is -2.29. The fraction of sp³-hybridized carbons (Fsp3) is 0.850. The predicted molar refractivity (Wildman–Crippen MR) is 106 cm³/mol. The molecular formula is C20H35NO4S.